The molecule has 0 N–H and O–H groups in total. The molecule has 0 bridgehead atoms. The standard InChI is InChI=1S/C14H18BrF/c15-11-14(8-2-1-3-9-14)10-12-4-6-13(16)7-5-12/h4-7H,1-3,8-11H2. The van der Waals surface area contributed by atoms with Crippen LogP contribution < -0.4 is 0 Å². The summed E-state index contributed by atoms with van der Waals surface area (Å²) >= 11 is 3.67. The van der Waals surface area contributed by atoms with E-state index in [4.69, 9.17) is 0 Å². The van der Waals surface area contributed by atoms with E-state index in [1.165, 1.54) is 37.7 Å². The van der Waals surface area contributed by atoms with Crippen LogP contribution in [-0.2, 0) is 6.42 Å². The summed E-state index contributed by atoms with van der Waals surface area (Å²) in [5, 5.41) is 1.07. The quantitative estimate of drug-likeness (QED) is 0.705. The molecule has 0 aliphatic heterocycles. The van der Waals surface area contributed by atoms with Crippen LogP contribution in [0.1, 0.15) is 37.7 Å². The van der Waals surface area contributed by atoms with Crippen LogP contribution >= 0.6 is 15.9 Å². The molecule has 0 nitrogen and oxygen atoms in total. The van der Waals surface area contributed by atoms with Crippen molar-refractivity contribution in [3.05, 3.63) is 35.6 Å². The van der Waals surface area contributed by atoms with E-state index in [2.05, 4.69) is 15.9 Å². The van der Waals surface area contributed by atoms with Gasteiger partial charge in [-0.05, 0) is 42.4 Å². The van der Waals surface area contributed by atoms with E-state index < -0.39 is 0 Å². The summed E-state index contributed by atoms with van der Waals surface area (Å²) in [7, 11) is 0. The summed E-state index contributed by atoms with van der Waals surface area (Å²) in [6.45, 7) is 0. The van der Waals surface area contributed by atoms with E-state index in [1.54, 1.807) is 12.1 Å². The van der Waals surface area contributed by atoms with Gasteiger partial charge in [0, 0.05) is 5.33 Å². The number of hydrogen-bond donors (Lipinski definition) is 0. The number of halogens is 2. The first-order chi connectivity index (χ1) is 7.74. The van der Waals surface area contributed by atoms with Crippen LogP contribution in [0.5, 0.6) is 0 Å². The van der Waals surface area contributed by atoms with Crippen LogP contribution in [0.3, 0.4) is 0 Å². The predicted molar refractivity (Wildman–Crippen MR) is 69.4 cm³/mol. The first kappa shape index (κ1) is 12.1. The molecular weight excluding hydrogens is 267 g/mol. The van der Waals surface area contributed by atoms with Crippen molar-refractivity contribution in [2.24, 2.45) is 5.41 Å². The average molecular weight is 285 g/mol. The molecule has 88 valence electrons. The topological polar surface area (TPSA) is 0 Å². The number of benzene rings is 1. The summed E-state index contributed by atoms with van der Waals surface area (Å²) in [6.07, 6.45) is 7.74. The third-order valence-electron chi connectivity index (χ3n) is 3.69. The van der Waals surface area contributed by atoms with Gasteiger partial charge < -0.3 is 0 Å². The highest BCUT2D eigenvalue weighted by Gasteiger charge is 2.30. The van der Waals surface area contributed by atoms with Gasteiger partial charge >= 0.3 is 0 Å². The molecule has 0 heterocycles. The summed E-state index contributed by atoms with van der Waals surface area (Å²) in [5.41, 5.74) is 1.68. The van der Waals surface area contributed by atoms with Crippen molar-refractivity contribution in [3.8, 4) is 0 Å². The molecular formula is C14H18BrF. The largest absolute Gasteiger partial charge is 0.207 e. The molecule has 0 radical (unpaired) electrons. The van der Waals surface area contributed by atoms with Crippen molar-refractivity contribution >= 4 is 15.9 Å². The van der Waals surface area contributed by atoms with E-state index >= 15 is 0 Å². The third-order valence-corrected chi connectivity index (χ3v) is 4.88. The van der Waals surface area contributed by atoms with E-state index in [0.29, 0.717) is 5.41 Å². The van der Waals surface area contributed by atoms with Crippen LogP contribution in [0.15, 0.2) is 24.3 Å². The smallest absolute Gasteiger partial charge is 0.123 e. The van der Waals surface area contributed by atoms with E-state index in [9.17, 15) is 4.39 Å². The number of alkyl halides is 1. The Morgan fingerprint density at radius 2 is 1.69 bits per heavy atom. The van der Waals surface area contributed by atoms with Gasteiger partial charge in [-0.15, -0.1) is 0 Å². The maximum atomic E-state index is 12.8. The Kier molecular flexibility index (Phi) is 4.01. The number of rotatable bonds is 3. The minimum Gasteiger partial charge on any atom is -0.207 e. The van der Waals surface area contributed by atoms with Gasteiger partial charge in [0.05, 0.1) is 0 Å². The molecule has 0 atom stereocenters. The maximum absolute atomic E-state index is 12.8. The molecule has 0 spiro atoms. The SMILES string of the molecule is Fc1ccc(CC2(CBr)CCCCC2)cc1. The van der Waals surface area contributed by atoms with E-state index in [0.717, 1.165) is 11.8 Å². The normalized spacial score (nSPS) is 19.6. The lowest BCUT2D eigenvalue weighted by atomic mass is 9.72. The second-order valence-corrected chi connectivity index (χ2v) is 5.56. The molecule has 2 heteroatoms. The fraction of sp³-hybridized carbons (Fsp3) is 0.571. The zero-order chi connectivity index (χ0) is 11.4. The Morgan fingerprint density at radius 3 is 2.25 bits per heavy atom. The first-order valence-corrected chi connectivity index (χ1v) is 7.17. The maximum Gasteiger partial charge on any atom is 0.123 e. The van der Waals surface area contributed by atoms with Crippen LogP contribution in [-0.4, -0.2) is 5.33 Å². The lowest BCUT2D eigenvalue weighted by Gasteiger charge is -2.36. The van der Waals surface area contributed by atoms with E-state index in [-0.39, 0.29) is 5.82 Å². The molecule has 1 saturated carbocycles. The summed E-state index contributed by atoms with van der Waals surface area (Å²) in [6, 6.07) is 6.99. The van der Waals surface area contributed by atoms with Crippen LogP contribution in [0, 0.1) is 11.2 Å². The first-order valence-electron chi connectivity index (χ1n) is 6.05. The van der Waals surface area contributed by atoms with Crippen molar-refractivity contribution < 1.29 is 4.39 Å². The van der Waals surface area contributed by atoms with E-state index in [1.807, 2.05) is 12.1 Å². The number of hydrogen-bond acceptors (Lipinski definition) is 0. The average Bonchev–Trinajstić information content (AvgIpc) is 2.33. The van der Waals surface area contributed by atoms with Crippen molar-refractivity contribution in [3.63, 3.8) is 0 Å². The summed E-state index contributed by atoms with van der Waals surface area (Å²) in [5.74, 6) is -0.139. The summed E-state index contributed by atoms with van der Waals surface area (Å²) < 4.78 is 12.8. The molecule has 16 heavy (non-hydrogen) atoms. The van der Waals surface area contributed by atoms with Gasteiger partial charge in [0.25, 0.3) is 0 Å². The molecule has 1 aromatic rings. The minimum atomic E-state index is -0.139. The van der Waals surface area contributed by atoms with Gasteiger partial charge in [0.1, 0.15) is 5.82 Å². The van der Waals surface area contributed by atoms with Crippen molar-refractivity contribution in [2.45, 2.75) is 38.5 Å². The van der Waals surface area contributed by atoms with Crippen molar-refractivity contribution in [1.29, 1.82) is 0 Å². The van der Waals surface area contributed by atoms with Gasteiger partial charge in [-0.2, -0.15) is 0 Å². The third kappa shape index (κ3) is 2.85. The highest BCUT2D eigenvalue weighted by Crippen LogP contribution is 2.40. The fourth-order valence-corrected chi connectivity index (χ4v) is 3.45. The molecule has 1 aromatic carbocycles. The lowest BCUT2D eigenvalue weighted by Crippen LogP contribution is -2.28. The van der Waals surface area contributed by atoms with Crippen molar-refractivity contribution in [2.75, 3.05) is 5.33 Å². The molecule has 0 saturated heterocycles. The van der Waals surface area contributed by atoms with Gasteiger partial charge in [0.15, 0.2) is 0 Å². The fourth-order valence-electron chi connectivity index (χ4n) is 2.69. The van der Waals surface area contributed by atoms with Gasteiger partial charge in [-0.1, -0.05) is 47.3 Å². The van der Waals surface area contributed by atoms with Crippen molar-refractivity contribution in [1.82, 2.24) is 0 Å². The minimum absolute atomic E-state index is 0.139. The Hall–Kier alpha value is -0.370. The second-order valence-electron chi connectivity index (χ2n) is 5.00. The molecule has 1 aliphatic rings. The Labute approximate surface area is 105 Å². The summed E-state index contributed by atoms with van der Waals surface area (Å²) in [4.78, 5) is 0. The van der Waals surface area contributed by atoms with Crippen LogP contribution in [0.4, 0.5) is 4.39 Å². The lowest BCUT2D eigenvalue weighted by molar-refractivity contribution is 0.223. The Balaban J connectivity index is 2.08. The van der Waals surface area contributed by atoms with Crippen LogP contribution in [0.2, 0.25) is 0 Å². The van der Waals surface area contributed by atoms with Gasteiger partial charge in [0.2, 0.25) is 0 Å². The van der Waals surface area contributed by atoms with Gasteiger partial charge in [-0.3, -0.25) is 0 Å². The zero-order valence-corrected chi connectivity index (χ0v) is 11.1. The van der Waals surface area contributed by atoms with Crippen LogP contribution in [0.25, 0.3) is 0 Å². The highest BCUT2D eigenvalue weighted by molar-refractivity contribution is 9.09. The molecule has 0 amide bonds. The molecule has 1 aliphatic carbocycles. The molecule has 0 aromatic heterocycles. The van der Waals surface area contributed by atoms with Gasteiger partial charge in [-0.25, -0.2) is 4.39 Å². The predicted octanol–water partition coefficient (Wildman–Crippen LogP) is 4.71. The monoisotopic (exact) mass is 284 g/mol. The Morgan fingerprint density at radius 1 is 1.06 bits per heavy atom. The Bertz CT molecular complexity index is 325. The second kappa shape index (κ2) is 5.31. The molecule has 0 unspecified atom stereocenters. The zero-order valence-electron chi connectivity index (χ0n) is 9.52. The molecule has 2 rings (SSSR count). The highest BCUT2D eigenvalue weighted by atomic mass is 79.9. The molecule has 1 fully saturated rings.